The maximum absolute atomic E-state index is 6.16. The van der Waals surface area contributed by atoms with Crippen LogP contribution in [0.3, 0.4) is 0 Å². The molecule has 2 aliphatic heterocycles. The number of hydrogen-bond donors (Lipinski definition) is 1. The monoisotopic (exact) mass is 325 g/mol. The van der Waals surface area contributed by atoms with E-state index in [0.717, 1.165) is 29.4 Å². The van der Waals surface area contributed by atoms with E-state index in [4.69, 9.17) is 18.9 Å². The van der Waals surface area contributed by atoms with Crippen molar-refractivity contribution in [2.75, 3.05) is 20.4 Å². The van der Waals surface area contributed by atoms with E-state index in [9.17, 15) is 0 Å². The van der Waals surface area contributed by atoms with Gasteiger partial charge in [-0.2, -0.15) is 0 Å². The summed E-state index contributed by atoms with van der Waals surface area (Å²) in [4.78, 5) is 0. The van der Waals surface area contributed by atoms with Gasteiger partial charge in [-0.15, -0.1) is 0 Å². The van der Waals surface area contributed by atoms with Gasteiger partial charge in [-0.3, -0.25) is 5.32 Å². The SMILES string of the molecule is COc1ccc2c(c1)C1C(OCc3ccc4c(c3)OCO4)NCC21. The molecular formula is C19H19NO4. The number of nitrogens with one attached hydrogen (secondary N) is 1. The first-order valence-corrected chi connectivity index (χ1v) is 8.25. The average Bonchev–Trinajstić information content (AvgIpc) is 3.21. The summed E-state index contributed by atoms with van der Waals surface area (Å²) in [7, 11) is 1.71. The molecule has 0 amide bonds. The van der Waals surface area contributed by atoms with Gasteiger partial charge in [-0.1, -0.05) is 12.1 Å². The lowest BCUT2D eigenvalue weighted by molar-refractivity contribution is 0.0151. The number of ether oxygens (including phenoxy) is 4. The van der Waals surface area contributed by atoms with Gasteiger partial charge >= 0.3 is 0 Å². The summed E-state index contributed by atoms with van der Waals surface area (Å²) < 4.78 is 22.3. The number of hydrogen-bond acceptors (Lipinski definition) is 5. The Balaban J connectivity index is 1.30. The van der Waals surface area contributed by atoms with Gasteiger partial charge in [0.05, 0.1) is 13.7 Å². The van der Waals surface area contributed by atoms with Gasteiger partial charge in [0.15, 0.2) is 11.5 Å². The summed E-state index contributed by atoms with van der Waals surface area (Å²) in [5.41, 5.74) is 3.86. The van der Waals surface area contributed by atoms with Crippen molar-refractivity contribution in [3.05, 3.63) is 53.1 Å². The molecule has 1 fully saturated rings. The van der Waals surface area contributed by atoms with Crippen LogP contribution in [0.5, 0.6) is 17.2 Å². The van der Waals surface area contributed by atoms with E-state index in [1.54, 1.807) is 7.11 Å². The molecule has 5 heteroatoms. The highest BCUT2D eigenvalue weighted by Gasteiger charge is 2.47. The summed E-state index contributed by atoms with van der Waals surface area (Å²) in [5, 5.41) is 3.51. The molecule has 3 unspecified atom stereocenters. The minimum absolute atomic E-state index is 0.0417. The molecule has 0 saturated carbocycles. The van der Waals surface area contributed by atoms with E-state index < -0.39 is 0 Å². The van der Waals surface area contributed by atoms with Crippen LogP contribution in [0.15, 0.2) is 36.4 Å². The zero-order valence-corrected chi connectivity index (χ0v) is 13.5. The second kappa shape index (κ2) is 5.40. The Labute approximate surface area is 140 Å². The van der Waals surface area contributed by atoms with Crippen molar-refractivity contribution in [2.45, 2.75) is 24.7 Å². The molecule has 1 aliphatic carbocycles. The molecule has 5 rings (SSSR count). The molecule has 2 aromatic carbocycles. The Bertz CT molecular complexity index is 791. The Hall–Kier alpha value is -2.24. The lowest BCUT2D eigenvalue weighted by atomic mass is 9.69. The van der Waals surface area contributed by atoms with Gasteiger partial charge in [0.2, 0.25) is 6.79 Å². The molecule has 0 spiro atoms. The molecule has 24 heavy (non-hydrogen) atoms. The predicted octanol–water partition coefficient (Wildman–Crippen LogP) is 2.75. The predicted molar refractivity (Wildman–Crippen MR) is 87.6 cm³/mol. The molecule has 5 nitrogen and oxygen atoms in total. The third kappa shape index (κ3) is 2.08. The molecule has 1 N–H and O–H groups in total. The molecule has 1 saturated heterocycles. The van der Waals surface area contributed by atoms with Crippen molar-refractivity contribution in [2.24, 2.45) is 0 Å². The van der Waals surface area contributed by atoms with Crippen LogP contribution < -0.4 is 19.5 Å². The second-order valence-electron chi connectivity index (χ2n) is 6.45. The van der Waals surface area contributed by atoms with Gasteiger partial charge in [-0.05, 0) is 41.0 Å². The lowest BCUT2D eigenvalue weighted by Crippen LogP contribution is -2.32. The second-order valence-corrected chi connectivity index (χ2v) is 6.45. The van der Waals surface area contributed by atoms with Crippen LogP contribution in [0.25, 0.3) is 0 Å². The molecule has 3 atom stereocenters. The van der Waals surface area contributed by atoms with Gasteiger partial charge in [-0.25, -0.2) is 0 Å². The first-order valence-electron chi connectivity index (χ1n) is 8.25. The van der Waals surface area contributed by atoms with Crippen molar-refractivity contribution in [1.82, 2.24) is 5.32 Å². The largest absolute Gasteiger partial charge is 0.497 e. The van der Waals surface area contributed by atoms with Crippen LogP contribution in [0.2, 0.25) is 0 Å². The Kier molecular flexibility index (Phi) is 3.18. The molecule has 3 aliphatic rings. The molecule has 124 valence electrons. The van der Waals surface area contributed by atoms with Crippen LogP contribution in [-0.2, 0) is 11.3 Å². The van der Waals surface area contributed by atoms with Crippen molar-refractivity contribution < 1.29 is 18.9 Å². The highest BCUT2D eigenvalue weighted by Crippen LogP contribution is 2.52. The quantitative estimate of drug-likeness (QED) is 0.937. The van der Waals surface area contributed by atoms with E-state index in [1.807, 2.05) is 24.3 Å². The van der Waals surface area contributed by atoms with Crippen molar-refractivity contribution in [3.63, 3.8) is 0 Å². The molecule has 0 aromatic heterocycles. The first kappa shape index (κ1) is 14.1. The average molecular weight is 325 g/mol. The number of methoxy groups -OCH3 is 1. The van der Waals surface area contributed by atoms with Crippen LogP contribution in [0.4, 0.5) is 0 Å². The standard InChI is InChI=1S/C19H19NO4/c1-21-12-3-4-13-14(7-12)18-15(13)8-20-19(18)22-9-11-2-5-16-17(6-11)24-10-23-16/h2-7,15,18-20H,8-10H2,1H3. The number of rotatable bonds is 4. The molecule has 0 bridgehead atoms. The summed E-state index contributed by atoms with van der Waals surface area (Å²) >= 11 is 0. The third-order valence-electron chi connectivity index (χ3n) is 5.22. The van der Waals surface area contributed by atoms with Crippen LogP contribution in [0.1, 0.15) is 28.5 Å². The van der Waals surface area contributed by atoms with Gasteiger partial charge in [0.1, 0.15) is 12.0 Å². The van der Waals surface area contributed by atoms with E-state index in [2.05, 4.69) is 17.4 Å². The zero-order valence-electron chi connectivity index (χ0n) is 13.5. The fourth-order valence-corrected chi connectivity index (χ4v) is 3.98. The van der Waals surface area contributed by atoms with Crippen molar-refractivity contribution >= 4 is 0 Å². The van der Waals surface area contributed by atoms with Crippen molar-refractivity contribution in [3.8, 4) is 17.2 Å². The smallest absolute Gasteiger partial charge is 0.231 e. The summed E-state index contributed by atoms with van der Waals surface area (Å²) in [6.45, 7) is 1.82. The Morgan fingerprint density at radius 3 is 2.92 bits per heavy atom. The summed E-state index contributed by atoms with van der Waals surface area (Å²) in [6, 6.07) is 12.3. The molecular weight excluding hydrogens is 306 g/mol. The molecule has 2 heterocycles. The van der Waals surface area contributed by atoms with Crippen LogP contribution in [0, 0.1) is 0 Å². The highest BCUT2D eigenvalue weighted by atomic mass is 16.7. The van der Waals surface area contributed by atoms with Gasteiger partial charge in [0.25, 0.3) is 0 Å². The van der Waals surface area contributed by atoms with E-state index in [-0.39, 0.29) is 6.23 Å². The maximum atomic E-state index is 6.16. The maximum Gasteiger partial charge on any atom is 0.231 e. The Morgan fingerprint density at radius 2 is 2.00 bits per heavy atom. The minimum Gasteiger partial charge on any atom is -0.497 e. The van der Waals surface area contributed by atoms with Crippen LogP contribution in [-0.4, -0.2) is 26.7 Å². The van der Waals surface area contributed by atoms with Gasteiger partial charge in [0, 0.05) is 18.4 Å². The third-order valence-corrected chi connectivity index (χ3v) is 5.22. The van der Waals surface area contributed by atoms with E-state index >= 15 is 0 Å². The fraction of sp³-hybridized carbons (Fsp3) is 0.368. The normalized spacial score (nSPS) is 25.8. The van der Waals surface area contributed by atoms with Gasteiger partial charge < -0.3 is 18.9 Å². The van der Waals surface area contributed by atoms with E-state index in [0.29, 0.717) is 25.2 Å². The van der Waals surface area contributed by atoms with Crippen LogP contribution >= 0.6 is 0 Å². The summed E-state index contributed by atoms with van der Waals surface area (Å²) in [5.74, 6) is 3.47. The first-order chi connectivity index (χ1) is 11.8. The zero-order chi connectivity index (χ0) is 16.1. The topological polar surface area (TPSA) is 49.0 Å². The lowest BCUT2D eigenvalue weighted by Gasteiger charge is -2.36. The van der Waals surface area contributed by atoms with E-state index in [1.165, 1.54) is 11.1 Å². The Morgan fingerprint density at radius 1 is 1.08 bits per heavy atom. The summed E-state index contributed by atoms with van der Waals surface area (Å²) in [6.07, 6.45) is 0.0417. The molecule has 0 radical (unpaired) electrons. The number of benzene rings is 2. The molecule has 2 aromatic rings. The number of fused-ring (bicyclic) bond motifs is 5. The highest BCUT2D eigenvalue weighted by molar-refractivity contribution is 5.51. The van der Waals surface area contributed by atoms with Crippen molar-refractivity contribution in [1.29, 1.82) is 0 Å². The minimum atomic E-state index is 0.0417. The fourth-order valence-electron chi connectivity index (χ4n) is 3.98.